The average Bonchev–Trinajstić information content (AvgIpc) is 2.70. The molecule has 3 aromatic rings. The summed E-state index contributed by atoms with van der Waals surface area (Å²) in [6, 6.07) is 21.8. The summed E-state index contributed by atoms with van der Waals surface area (Å²) in [5.41, 5.74) is 4.46. The molecule has 27 heavy (non-hydrogen) atoms. The lowest BCUT2D eigenvalue weighted by Gasteiger charge is -2.07. The highest BCUT2D eigenvalue weighted by Crippen LogP contribution is 2.22. The van der Waals surface area contributed by atoms with Crippen molar-refractivity contribution in [2.45, 2.75) is 6.61 Å². The summed E-state index contributed by atoms with van der Waals surface area (Å²) in [7, 11) is 0. The minimum absolute atomic E-state index is 0.329. The Labute approximate surface area is 167 Å². The number of amides is 1. The Hall–Kier alpha value is -2.82. The zero-order valence-corrected chi connectivity index (χ0v) is 15.7. The minimum atomic E-state index is -0.329. The SMILES string of the molecule is O=C(N/N=C\c1c(Cl)cccc1Cl)c1ccc(COc2ccccc2)cc1. The molecule has 0 aliphatic carbocycles. The minimum Gasteiger partial charge on any atom is -0.489 e. The molecule has 0 aliphatic heterocycles. The van der Waals surface area contributed by atoms with E-state index in [-0.39, 0.29) is 5.91 Å². The molecule has 1 N–H and O–H groups in total. The van der Waals surface area contributed by atoms with Crippen LogP contribution in [0.25, 0.3) is 0 Å². The van der Waals surface area contributed by atoms with Crippen molar-refractivity contribution in [3.05, 3.63) is 99.5 Å². The summed E-state index contributed by atoms with van der Waals surface area (Å²) >= 11 is 12.1. The molecule has 0 aromatic heterocycles. The molecule has 0 saturated heterocycles. The molecule has 0 aliphatic rings. The standard InChI is InChI=1S/C21H16Cl2N2O2/c22-19-7-4-8-20(23)18(19)13-24-25-21(26)16-11-9-15(10-12-16)14-27-17-5-2-1-3-6-17/h1-13H,14H2,(H,25,26)/b24-13-. The van der Waals surface area contributed by atoms with Gasteiger partial charge in [0, 0.05) is 11.1 Å². The topological polar surface area (TPSA) is 50.7 Å². The Kier molecular flexibility index (Phi) is 6.47. The quantitative estimate of drug-likeness (QED) is 0.450. The Morgan fingerprint density at radius 3 is 2.26 bits per heavy atom. The van der Waals surface area contributed by atoms with Gasteiger partial charge in [-0.25, -0.2) is 5.43 Å². The van der Waals surface area contributed by atoms with Crippen molar-refractivity contribution in [2.75, 3.05) is 0 Å². The van der Waals surface area contributed by atoms with Gasteiger partial charge < -0.3 is 4.74 Å². The van der Waals surface area contributed by atoms with Crippen LogP contribution in [0.1, 0.15) is 21.5 Å². The Morgan fingerprint density at radius 1 is 0.926 bits per heavy atom. The van der Waals surface area contributed by atoms with Gasteiger partial charge >= 0.3 is 0 Å². The van der Waals surface area contributed by atoms with E-state index >= 15 is 0 Å². The number of nitrogens with one attached hydrogen (secondary N) is 1. The molecule has 0 atom stereocenters. The number of nitrogens with zero attached hydrogens (tertiary/aromatic N) is 1. The number of rotatable bonds is 6. The van der Waals surface area contributed by atoms with Gasteiger partial charge in [-0.3, -0.25) is 4.79 Å². The van der Waals surface area contributed by atoms with Crippen LogP contribution in [-0.4, -0.2) is 12.1 Å². The molecule has 136 valence electrons. The van der Waals surface area contributed by atoms with E-state index in [0.717, 1.165) is 11.3 Å². The van der Waals surface area contributed by atoms with Crippen LogP contribution in [0.5, 0.6) is 5.75 Å². The van der Waals surface area contributed by atoms with Crippen molar-refractivity contribution in [1.29, 1.82) is 0 Å². The van der Waals surface area contributed by atoms with Gasteiger partial charge in [-0.1, -0.05) is 59.6 Å². The van der Waals surface area contributed by atoms with Crippen molar-refractivity contribution < 1.29 is 9.53 Å². The van der Waals surface area contributed by atoms with Crippen LogP contribution < -0.4 is 10.2 Å². The first-order valence-electron chi connectivity index (χ1n) is 8.17. The van der Waals surface area contributed by atoms with E-state index in [1.807, 2.05) is 42.5 Å². The zero-order chi connectivity index (χ0) is 19.1. The maximum atomic E-state index is 12.2. The zero-order valence-electron chi connectivity index (χ0n) is 14.2. The molecule has 4 nitrogen and oxygen atoms in total. The van der Waals surface area contributed by atoms with Crippen molar-refractivity contribution in [2.24, 2.45) is 5.10 Å². The number of carbonyl (C=O) groups excluding carboxylic acids is 1. The number of hydrazone groups is 1. The highest BCUT2D eigenvalue weighted by Gasteiger charge is 2.06. The van der Waals surface area contributed by atoms with Crippen LogP contribution in [0.3, 0.4) is 0 Å². The van der Waals surface area contributed by atoms with Gasteiger partial charge in [0.05, 0.1) is 16.3 Å². The van der Waals surface area contributed by atoms with Crippen molar-refractivity contribution >= 4 is 35.3 Å². The lowest BCUT2D eigenvalue weighted by molar-refractivity contribution is 0.0955. The Balaban J connectivity index is 1.56. The molecule has 0 unspecified atom stereocenters. The lowest BCUT2D eigenvalue weighted by atomic mass is 10.1. The number of ether oxygens (including phenoxy) is 1. The molecule has 0 radical (unpaired) electrons. The molecule has 0 fully saturated rings. The number of benzene rings is 3. The summed E-state index contributed by atoms with van der Waals surface area (Å²) in [5.74, 6) is 0.469. The van der Waals surface area contributed by atoms with Crippen LogP contribution >= 0.6 is 23.2 Å². The molecule has 6 heteroatoms. The van der Waals surface area contributed by atoms with E-state index in [1.165, 1.54) is 6.21 Å². The second kappa shape index (κ2) is 9.21. The van der Waals surface area contributed by atoms with Crippen molar-refractivity contribution in [3.8, 4) is 5.75 Å². The normalized spacial score (nSPS) is 10.7. The van der Waals surface area contributed by atoms with Gasteiger partial charge in [0.1, 0.15) is 12.4 Å². The number of carbonyl (C=O) groups is 1. The first-order chi connectivity index (χ1) is 13.1. The number of hydrogen-bond donors (Lipinski definition) is 1. The highest BCUT2D eigenvalue weighted by atomic mass is 35.5. The second-order valence-electron chi connectivity index (χ2n) is 5.63. The number of para-hydroxylation sites is 1. The van der Waals surface area contributed by atoms with Gasteiger partial charge in [-0.05, 0) is 42.0 Å². The maximum absolute atomic E-state index is 12.2. The monoisotopic (exact) mass is 398 g/mol. The molecule has 0 bridgehead atoms. The summed E-state index contributed by atoms with van der Waals surface area (Å²) in [6.45, 7) is 0.426. The fourth-order valence-electron chi connectivity index (χ4n) is 2.29. The summed E-state index contributed by atoms with van der Waals surface area (Å²) in [6.07, 6.45) is 1.42. The third-order valence-corrected chi connectivity index (χ3v) is 4.38. The molecule has 1 amide bonds. The fraction of sp³-hybridized carbons (Fsp3) is 0.0476. The molecule has 3 aromatic carbocycles. The first-order valence-corrected chi connectivity index (χ1v) is 8.93. The van der Waals surface area contributed by atoms with E-state index < -0.39 is 0 Å². The van der Waals surface area contributed by atoms with Gasteiger partial charge in [0.25, 0.3) is 5.91 Å². The molecular weight excluding hydrogens is 383 g/mol. The Morgan fingerprint density at radius 2 is 1.59 bits per heavy atom. The van der Waals surface area contributed by atoms with Gasteiger partial charge in [-0.15, -0.1) is 0 Å². The van der Waals surface area contributed by atoms with Crippen LogP contribution in [0.2, 0.25) is 10.0 Å². The fourth-order valence-corrected chi connectivity index (χ4v) is 2.78. The lowest BCUT2D eigenvalue weighted by Crippen LogP contribution is -2.17. The highest BCUT2D eigenvalue weighted by molar-refractivity contribution is 6.38. The number of hydrogen-bond acceptors (Lipinski definition) is 3. The van der Waals surface area contributed by atoms with Gasteiger partial charge in [0.2, 0.25) is 0 Å². The maximum Gasteiger partial charge on any atom is 0.271 e. The molecular formula is C21H16Cl2N2O2. The van der Waals surface area contributed by atoms with Crippen LogP contribution in [0.15, 0.2) is 77.9 Å². The average molecular weight is 399 g/mol. The van der Waals surface area contributed by atoms with E-state index in [1.54, 1.807) is 30.3 Å². The van der Waals surface area contributed by atoms with Gasteiger partial charge in [0.15, 0.2) is 0 Å². The summed E-state index contributed by atoms with van der Waals surface area (Å²) in [4.78, 5) is 12.2. The van der Waals surface area contributed by atoms with E-state index in [0.29, 0.717) is 27.8 Å². The van der Waals surface area contributed by atoms with Crippen molar-refractivity contribution in [1.82, 2.24) is 5.43 Å². The van der Waals surface area contributed by atoms with E-state index in [4.69, 9.17) is 27.9 Å². The number of halogens is 2. The third-order valence-electron chi connectivity index (χ3n) is 3.72. The molecule has 0 heterocycles. The molecule has 0 saturated carbocycles. The van der Waals surface area contributed by atoms with Crippen LogP contribution in [0.4, 0.5) is 0 Å². The van der Waals surface area contributed by atoms with Crippen molar-refractivity contribution in [3.63, 3.8) is 0 Å². The van der Waals surface area contributed by atoms with Crippen LogP contribution in [0, 0.1) is 0 Å². The first kappa shape index (κ1) is 19.0. The predicted octanol–water partition coefficient (Wildman–Crippen LogP) is 5.34. The Bertz CT molecular complexity index is 922. The van der Waals surface area contributed by atoms with Gasteiger partial charge in [-0.2, -0.15) is 5.10 Å². The second-order valence-corrected chi connectivity index (χ2v) is 6.45. The largest absolute Gasteiger partial charge is 0.489 e. The summed E-state index contributed by atoms with van der Waals surface area (Å²) < 4.78 is 5.68. The molecule has 3 rings (SSSR count). The smallest absolute Gasteiger partial charge is 0.271 e. The van der Waals surface area contributed by atoms with E-state index in [9.17, 15) is 4.79 Å². The summed E-state index contributed by atoms with van der Waals surface area (Å²) in [5, 5.41) is 4.84. The third kappa shape index (κ3) is 5.33. The van der Waals surface area contributed by atoms with Crippen LogP contribution in [-0.2, 0) is 6.61 Å². The van der Waals surface area contributed by atoms with E-state index in [2.05, 4.69) is 10.5 Å². The molecule has 0 spiro atoms. The predicted molar refractivity (Wildman–Crippen MR) is 109 cm³/mol.